The number of H-pyrrole nitrogens is 1. The van der Waals surface area contributed by atoms with E-state index in [1.165, 1.54) is 10.0 Å². The molecule has 1 atom stereocenters. The maximum Gasteiger partial charge on any atom is 0.409 e. The monoisotopic (exact) mass is 581 g/mol. The van der Waals surface area contributed by atoms with Crippen molar-refractivity contribution < 1.29 is 14.4 Å². The van der Waals surface area contributed by atoms with Crippen LogP contribution in [-0.4, -0.2) is 73.5 Å². The Kier molecular flexibility index (Phi) is 9.83. The topological polar surface area (TPSA) is 120 Å². The number of carbonyl (C=O) groups excluding carboxylic acids is 1. The number of nitrogens with one attached hydrogen (secondary N) is 1. The van der Waals surface area contributed by atoms with Gasteiger partial charge in [0.1, 0.15) is 13.2 Å². The maximum absolute atomic E-state index is 13.4. The summed E-state index contributed by atoms with van der Waals surface area (Å²) in [7, 11) is 1.70. The zero-order chi connectivity index (χ0) is 30.0. The number of hydrogen-bond donors (Lipinski definition) is 1. The summed E-state index contributed by atoms with van der Waals surface area (Å²) in [6.45, 7) is 3.23. The number of carbonyl (C=O) groups is 1. The molecule has 43 heavy (non-hydrogen) atoms. The predicted octanol–water partition coefficient (Wildman–Crippen LogP) is 5.66. The molecule has 11 heteroatoms. The van der Waals surface area contributed by atoms with Gasteiger partial charge in [-0.05, 0) is 50.3 Å². The lowest BCUT2D eigenvalue weighted by Gasteiger charge is -2.17. The molecule has 1 aliphatic rings. The van der Waals surface area contributed by atoms with Crippen LogP contribution < -0.4 is 0 Å². The molecule has 1 aromatic heterocycles. The molecule has 0 fully saturated rings. The quantitative estimate of drug-likeness (QED) is 0.202. The number of unbranched alkanes of at least 4 members (excludes halogenated alkanes) is 1. The molecule has 222 valence electrons. The normalized spacial score (nSPS) is 14.6. The lowest BCUT2D eigenvalue weighted by Crippen LogP contribution is -2.36. The van der Waals surface area contributed by atoms with E-state index in [2.05, 4.69) is 51.8 Å². The molecule has 1 unspecified atom stereocenters. The number of hydrazone groups is 1. The van der Waals surface area contributed by atoms with Gasteiger partial charge in [0.15, 0.2) is 0 Å². The molecule has 11 nitrogen and oxygen atoms in total. The van der Waals surface area contributed by atoms with E-state index in [0.29, 0.717) is 31.8 Å². The smallest absolute Gasteiger partial charge is 0.409 e. The van der Waals surface area contributed by atoms with E-state index in [4.69, 9.17) is 9.84 Å². The SMILES string of the molecule is CCCCC1=NN(CCCN(C)C(=O)OCc2ccccc2)[N+](=O)C1Cc1ccc(-c2ccccc2-c2nn[nH]n2)cc1. The van der Waals surface area contributed by atoms with E-state index in [-0.39, 0.29) is 12.6 Å². The van der Waals surface area contributed by atoms with Crippen molar-refractivity contribution in [2.75, 3.05) is 20.1 Å². The third kappa shape index (κ3) is 7.48. The number of hydrazine groups is 1. The molecule has 5 rings (SSSR count). The van der Waals surface area contributed by atoms with Gasteiger partial charge in [-0.2, -0.15) is 5.21 Å². The van der Waals surface area contributed by atoms with E-state index >= 15 is 0 Å². The van der Waals surface area contributed by atoms with Crippen molar-refractivity contribution in [3.8, 4) is 22.5 Å². The highest BCUT2D eigenvalue weighted by molar-refractivity contribution is 5.89. The highest BCUT2D eigenvalue weighted by Gasteiger charge is 2.42. The molecule has 4 aromatic rings. The van der Waals surface area contributed by atoms with Gasteiger partial charge in [0, 0.05) is 37.1 Å². The average molecular weight is 582 g/mol. The molecule has 0 radical (unpaired) electrons. The molecule has 0 saturated carbocycles. The summed E-state index contributed by atoms with van der Waals surface area (Å²) in [5.41, 5.74) is 5.82. The average Bonchev–Trinajstić information content (AvgIpc) is 3.68. The van der Waals surface area contributed by atoms with E-state index in [1.807, 2.05) is 54.6 Å². The molecule has 1 aliphatic heterocycles. The Balaban J connectivity index is 1.18. The molecule has 0 spiro atoms. The Morgan fingerprint density at radius 1 is 0.977 bits per heavy atom. The van der Waals surface area contributed by atoms with Crippen molar-refractivity contribution in [1.82, 2.24) is 30.6 Å². The minimum Gasteiger partial charge on any atom is -0.445 e. The van der Waals surface area contributed by atoms with Crippen molar-refractivity contribution in [3.05, 3.63) is 94.9 Å². The number of benzene rings is 3. The fourth-order valence-corrected chi connectivity index (χ4v) is 5.09. The van der Waals surface area contributed by atoms with Crippen molar-refractivity contribution in [1.29, 1.82) is 0 Å². The van der Waals surface area contributed by atoms with Crippen molar-refractivity contribution in [2.24, 2.45) is 5.10 Å². The first kappa shape index (κ1) is 29.6. The van der Waals surface area contributed by atoms with Gasteiger partial charge in [0.2, 0.25) is 17.6 Å². The van der Waals surface area contributed by atoms with Gasteiger partial charge in [-0.15, -0.1) is 10.2 Å². The van der Waals surface area contributed by atoms with Crippen LogP contribution in [0.25, 0.3) is 22.5 Å². The predicted molar refractivity (Wildman–Crippen MR) is 164 cm³/mol. The van der Waals surface area contributed by atoms with Crippen LogP contribution in [0.3, 0.4) is 0 Å². The van der Waals surface area contributed by atoms with E-state index in [9.17, 15) is 9.70 Å². The van der Waals surface area contributed by atoms with Gasteiger partial charge in [-0.3, -0.25) is 0 Å². The third-order valence-corrected chi connectivity index (χ3v) is 7.48. The van der Waals surface area contributed by atoms with Gasteiger partial charge in [0.25, 0.3) is 0 Å². The molecular formula is C32H37N8O3+. The standard InChI is InChI=1S/C32H37N8O3/c1-3-4-15-29-30(22-24-16-18-26(19-17-24)27-13-8-9-14-28(27)31-33-36-37-34-31)40(42)39(35-29)21-10-20-38(2)32(41)43-23-25-11-6-5-7-12-25/h5-9,11-14,16-19,30H,3-4,10,15,20-23H2,1-2H3,(H,33,34,36,37)/q+1. The van der Waals surface area contributed by atoms with Gasteiger partial charge in [0.05, 0.1) is 4.87 Å². The van der Waals surface area contributed by atoms with Gasteiger partial charge in [-0.1, -0.05) is 92.2 Å². The number of nitrogens with zero attached hydrogens (tertiary/aromatic N) is 7. The Bertz CT molecular complexity index is 1520. The van der Waals surface area contributed by atoms with Crippen LogP contribution >= 0.6 is 0 Å². The molecule has 0 saturated heterocycles. The summed E-state index contributed by atoms with van der Waals surface area (Å²) < 4.78 is 5.40. The lowest BCUT2D eigenvalue weighted by molar-refractivity contribution is -0.714. The largest absolute Gasteiger partial charge is 0.445 e. The fraction of sp³-hybridized carbons (Fsp3) is 0.344. The third-order valence-electron chi connectivity index (χ3n) is 7.48. The summed E-state index contributed by atoms with van der Waals surface area (Å²) in [5, 5.41) is 20.7. The van der Waals surface area contributed by atoms with Crippen LogP contribution in [0.15, 0.2) is 84.0 Å². The van der Waals surface area contributed by atoms with Crippen LogP contribution in [0.2, 0.25) is 0 Å². The van der Waals surface area contributed by atoms with Gasteiger partial charge in [-0.25, -0.2) is 4.79 Å². The van der Waals surface area contributed by atoms with E-state index in [1.54, 1.807) is 7.05 Å². The molecule has 0 aliphatic carbocycles. The van der Waals surface area contributed by atoms with Crippen molar-refractivity contribution in [3.63, 3.8) is 0 Å². The highest BCUT2D eigenvalue weighted by Crippen LogP contribution is 2.30. The number of ether oxygens (including phenoxy) is 1. The van der Waals surface area contributed by atoms with Crippen molar-refractivity contribution >= 4 is 11.8 Å². The van der Waals surface area contributed by atoms with Crippen molar-refractivity contribution in [2.45, 2.75) is 51.7 Å². The molecule has 1 amide bonds. The van der Waals surface area contributed by atoms with Crippen LogP contribution in [-0.2, 0) is 17.8 Å². The molecule has 2 heterocycles. The second kappa shape index (κ2) is 14.3. The minimum atomic E-state index is -0.391. The number of hydrogen-bond acceptors (Lipinski definition) is 7. The first-order valence-electron chi connectivity index (χ1n) is 14.7. The zero-order valence-corrected chi connectivity index (χ0v) is 24.6. The summed E-state index contributed by atoms with van der Waals surface area (Å²) >= 11 is 0. The van der Waals surface area contributed by atoms with Crippen LogP contribution in [0.1, 0.15) is 43.7 Å². The van der Waals surface area contributed by atoms with Crippen LogP contribution in [0.5, 0.6) is 0 Å². The number of rotatable bonds is 13. The van der Waals surface area contributed by atoms with Crippen LogP contribution in [0, 0.1) is 4.91 Å². The minimum absolute atomic E-state index is 0.226. The number of aromatic amines is 1. The lowest BCUT2D eigenvalue weighted by atomic mass is 9.95. The Hall–Kier alpha value is -4.93. The second-order valence-electron chi connectivity index (χ2n) is 10.6. The van der Waals surface area contributed by atoms with Gasteiger partial charge >= 0.3 is 6.09 Å². The summed E-state index contributed by atoms with van der Waals surface area (Å²) in [6.07, 6.45) is 3.52. The summed E-state index contributed by atoms with van der Waals surface area (Å²) in [6, 6.07) is 25.4. The second-order valence-corrected chi connectivity index (χ2v) is 10.6. The maximum atomic E-state index is 13.4. The molecular weight excluding hydrogens is 544 g/mol. The van der Waals surface area contributed by atoms with Crippen LogP contribution in [0.4, 0.5) is 4.79 Å². The molecule has 0 bridgehead atoms. The summed E-state index contributed by atoms with van der Waals surface area (Å²) in [5.74, 6) is 0.541. The molecule has 1 N–H and O–H groups in total. The van der Waals surface area contributed by atoms with E-state index < -0.39 is 6.09 Å². The number of amides is 1. The number of nitroso groups, excluding NO2 is 1. The first-order valence-corrected chi connectivity index (χ1v) is 14.7. The zero-order valence-electron chi connectivity index (χ0n) is 24.6. The van der Waals surface area contributed by atoms with Gasteiger partial charge < -0.3 is 9.64 Å². The Morgan fingerprint density at radius 3 is 2.44 bits per heavy atom. The van der Waals surface area contributed by atoms with E-state index in [0.717, 1.165) is 57.7 Å². The number of aromatic nitrogens is 4. The summed E-state index contributed by atoms with van der Waals surface area (Å²) in [4.78, 5) is 28.4. The molecule has 3 aromatic carbocycles. The number of tetrazole rings is 1. The highest BCUT2D eigenvalue weighted by atomic mass is 16.6. The Labute approximate surface area is 251 Å². The first-order chi connectivity index (χ1) is 21.0. The Morgan fingerprint density at radius 2 is 1.72 bits per heavy atom. The fourth-order valence-electron chi connectivity index (χ4n) is 5.09.